The maximum absolute atomic E-state index is 6.10. The van der Waals surface area contributed by atoms with Crippen LogP contribution in [0.25, 0.3) is 0 Å². The Morgan fingerprint density at radius 3 is 2.77 bits per heavy atom. The van der Waals surface area contributed by atoms with Gasteiger partial charge in [-0.05, 0) is 32.6 Å². The molecule has 2 fully saturated rings. The molecular formula is C22H40IN5O2. The Morgan fingerprint density at radius 1 is 1.27 bits per heavy atom. The molecule has 0 amide bonds. The second-order valence-electron chi connectivity index (χ2n) is 8.18. The predicted octanol–water partition coefficient (Wildman–Crippen LogP) is 3.90. The van der Waals surface area contributed by atoms with Crippen LogP contribution in [-0.2, 0) is 16.5 Å². The number of halogens is 1. The quantitative estimate of drug-likeness (QED) is 0.181. The average molecular weight is 533 g/mol. The van der Waals surface area contributed by atoms with Gasteiger partial charge < -0.3 is 19.7 Å². The number of unbranched alkanes of at least 4 members (excludes halogenated alkanes) is 1. The van der Waals surface area contributed by atoms with E-state index in [9.17, 15) is 0 Å². The van der Waals surface area contributed by atoms with Crippen molar-refractivity contribution in [1.82, 2.24) is 20.0 Å². The number of morpholine rings is 1. The van der Waals surface area contributed by atoms with E-state index in [-0.39, 0.29) is 30.1 Å². The van der Waals surface area contributed by atoms with Crippen LogP contribution in [0.1, 0.15) is 70.0 Å². The van der Waals surface area contributed by atoms with Gasteiger partial charge in [-0.1, -0.05) is 25.7 Å². The molecule has 1 N–H and O–H groups in total. The van der Waals surface area contributed by atoms with Crippen molar-refractivity contribution in [3.8, 4) is 0 Å². The lowest BCUT2D eigenvalue weighted by Gasteiger charge is -2.34. The van der Waals surface area contributed by atoms with Crippen LogP contribution < -0.4 is 5.32 Å². The number of hydrogen-bond acceptors (Lipinski definition) is 4. The molecule has 172 valence electrons. The van der Waals surface area contributed by atoms with Gasteiger partial charge in [0.25, 0.3) is 0 Å². The van der Waals surface area contributed by atoms with E-state index in [2.05, 4.69) is 22.2 Å². The first kappa shape index (κ1) is 25.4. The van der Waals surface area contributed by atoms with Crippen molar-refractivity contribution in [2.24, 2.45) is 12.0 Å². The second kappa shape index (κ2) is 14.2. The monoisotopic (exact) mass is 533 g/mol. The first-order valence-electron chi connectivity index (χ1n) is 11.5. The van der Waals surface area contributed by atoms with Gasteiger partial charge in [-0.25, -0.2) is 0 Å². The third-order valence-corrected chi connectivity index (χ3v) is 5.77. The molecule has 1 aromatic heterocycles. The molecule has 1 aliphatic carbocycles. The van der Waals surface area contributed by atoms with Gasteiger partial charge in [-0.2, -0.15) is 5.10 Å². The molecule has 0 bridgehead atoms. The molecular weight excluding hydrogens is 493 g/mol. The molecule has 7 nitrogen and oxygen atoms in total. The van der Waals surface area contributed by atoms with Crippen LogP contribution in [0.15, 0.2) is 17.4 Å². The van der Waals surface area contributed by atoms with Gasteiger partial charge in [0.1, 0.15) is 6.10 Å². The number of guanidine groups is 1. The fourth-order valence-corrected chi connectivity index (χ4v) is 4.13. The molecule has 1 aromatic rings. The molecule has 0 spiro atoms. The molecule has 0 radical (unpaired) electrons. The standard InChI is InChI=1S/C22H39N5O2.HI/c1-3-23-22(24-12-8-9-14-28-20-10-6-4-5-7-11-20)27-13-15-29-21(18-27)19-16-25-26(2)17-19;/h16-17,20-21H,3-15,18H2,1-2H3,(H,23,24);1H. The van der Waals surface area contributed by atoms with Gasteiger partial charge in [0.15, 0.2) is 5.96 Å². The zero-order chi connectivity index (χ0) is 20.3. The van der Waals surface area contributed by atoms with Gasteiger partial charge in [-0.15, -0.1) is 24.0 Å². The molecule has 2 heterocycles. The minimum Gasteiger partial charge on any atom is -0.378 e. The van der Waals surface area contributed by atoms with Crippen LogP contribution >= 0.6 is 24.0 Å². The number of aryl methyl sites for hydroxylation is 1. The summed E-state index contributed by atoms with van der Waals surface area (Å²) < 4.78 is 13.9. The summed E-state index contributed by atoms with van der Waals surface area (Å²) in [4.78, 5) is 7.18. The van der Waals surface area contributed by atoms with Crippen molar-refractivity contribution < 1.29 is 9.47 Å². The zero-order valence-electron chi connectivity index (χ0n) is 18.7. The van der Waals surface area contributed by atoms with Crippen molar-refractivity contribution >= 4 is 29.9 Å². The first-order valence-corrected chi connectivity index (χ1v) is 11.5. The summed E-state index contributed by atoms with van der Waals surface area (Å²) in [5.41, 5.74) is 1.13. The lowest BCUT2D eigenvalue weighted by molar-refractivity contribution is -0.00804. The highest BCUT2D eigenvalue weighted by Crippen LogP contribution is 2.22. The maximum atomic E-state index is 6.10. The topological polar surface area (TPSA) is 63.9 Å². The van der Waals surface area contributed by atoms with Gasteiger partial charge in [0.05, 0.1) is 25.5 Å². The fourth-order valence-electron chi connectivity index (χ4n) is 4.13. The number of aliphatic imine (C=N–C) groups is 1. The van der Waals surface area contributed by atoms with Crippen LogP contribution in [0, 0.1) is 0 Å². The first-order chi connectivity index (χ1) is 14.3. The molecule has 0 aromatic carbocycles. The van der Waals surface area contributed by atoms with Crippen molar-refractivity contribution in [3.63, 3.8) is 0 Å². The van der Waals surface area contributed by atoms with E-state index >= 15 is 0 Å². The number of nitrogens with one attached hydrogen (secondary N) is 1. The van der Waals surface area contributed by atoms with E-state index < -0.39 is 0 Å². The Bertz CT molecular complexity index is 616. The molecule has 3 rings (SSSR count). The number of ether oxygens (including phenoxy) is 2. The van der Waals surface area contributed by atoms with Crippen molar-refractivity contribution in [1.29, 1.82) is 0 Å². The van der Waals surface area contributed by atoms with Gasteiger partial charge in [0.2, 0.25) is 0 Å². The largest absolute Gasteiger partial charge is 0.378 e. The lowest BCUT2D eigenvalue weighted by Crippen LogP contribution is -2.48. The van der Waals surface area contributed by atoms with E-state index in [4.69, 9.17) is 14.5 Å². The van der Waals surface area contributed by atoms with E-state index in [1.165, 1.54) is 38.5 Å². The molecule has 1 atom stereocenters. The normalized spacial score (nSPS) is 21.2. The molecule has 30 heavy (non-hydrogen) atoms. The Hall–Kier alpha value is -0.870. The van der Waals surface area contributed by atoms with E-state index in [0.29, 0.717) is 12.7 Å². The van der Waals surface area contributed by atoms with Crippen LogP contribution in [0.5, 0.6) is 0 Å². The van der Waals surface area contributed by atoms with Crippen molar-refractivity contribution in [2.75, 3.05) is 39.4 Å². The number of aromatic nitrogens is 2. The molecule has 1 saturated heterocycles. The SMILES string of the molecule is CCNC(=NCCCCOC1CCCCCC1)N1CCOC(c2cnn(C)c2)C1.I. The highest BCUT2D eigenvalue weighted by atomic mass is 127. The number of hydrogen-bond donors (Lipinski definition) is 1. The number of nitrogens with zero attached hydrogens (tertiary/aromatic N) is 4. The van der Waals surface area contributed by atoms with Crippen LogP contribution in [-0.4, -0.2) is 66.1 Å². The highest BCUT2D eigenvalue weighted by molar-refractivity contribution is 14.0. The third-order valence-electron chi connectivity index (χ3n) is 5.77. The summed E-state index contributed by atoms with van der Waals surface area (Å²) in [6.45, 7) is 7.09. The van der Waals surface area contributed by atoms with E-state index in [1.54, 1.807) is 0 Å². The number of rotatable bonds is 8. The second-order valence-corrected chi connectivity index (χ2v) is 8.18. The zero-order valence-corrected chi connectivity index (χ0v) is 21.1. The molecule has 1 aliphatic heterocycles. The van der Waals surface area contributed by atoms with Gasteiger partial charge in [0, 0.05) is 45.0 Å². The molecule has 8 heteroatoms. The smallest absolute Gasteiger partial charge is 0.194 e. The van der Waals surface area contributed by atoms with Crippen molar-refractivity contribution in [3.05, 3.63) is 18.0 Å². The minimum absolute atomic E-state index is 0. The van der Waals surface area contributed by atoms with Gasteiger partial charge >= 0.3 is 0 Å². The predicted molar refractivity (Wildman–Crippen MR) is 132 cm³/mol. The Morgan fingerprint density at radius 2 is 2.07 bits per heavy atom. The fraction of sp³-hybridized carbons (Fsp3) is 0.818. The maximum Gasteiger partial charge on any atom is 0.194 e. The molecule has 2 aliphatic rings. The Kier molecular flexibility index (Phi) is 12.1. The van der Waals surface area contributed by atoms with Crippen LogP contribution in [0.2, 0.25) is 0 Å². The third kappa shape index (κ3) is 8.34. The highest BCUT2D eigenvalue weighted by Gasteiger charge is 2.25. The Labute approximate surface area is 199 Å². The summed E-state index contributed by atoms with van der Waals surface area (Å²) >= 11 is 0. The summed E-state index contributed by atoms with van der Waals surface area (Å²) in [5, 5.41) is 7.72. The molecule has 1 saturated carbocycles. The lowest BCUT2D eigenvalue weighted by atomic mass is 10.1. The van der Waals surface area contributed by atoms with E-state index in [1.807, 2.05) is 24.1 Å². The minimum atomic E-state index is 0. The van der Waals surface area contributed by atoms with Crippen LogP contribution in [0.4, 0.5) is 0 Å². The Balaban J connectivity index is 0.00000320. The summed E-state index contributed by atoms with van der Waals surface area (Å²) in [7, 11) is 1.94. The molecule has 1 unspecified atom stereocenters. The van der Waals surface area contributed by atoms with Crippen molar-refractivity contribution in [2.45, 2.75) is 70.5 Å². The summed E-state index contributed by atoms with van der Waals surface area (Å²) in [6, 6.07) is 0. The average Bonchev–Trinajstić information content (AvgIpc) is 3.01. The van der Waals surface area contributed by atoms with E-state index in [0.717, 1.165) is 57.2 Å². The summed E-state index contributed by atoms with van der Waals surface area (Å²) in [6.07, 6.45) is 14.6. The van der Waals surface area contributed by atoms with Gasteiger partial charge in [-0.3, -0.25) is 9.67 Å². The van der Waals surface area contributed by atoms with Crippen LogP contribution in [0.3, 0.4) is 0 Å². The summed E-state index contributed by atoms with van der Waals surface area (Å²) in [5.74, 6) is 0.995.